The monoisotopic (exact) mass is 212 g/mol. The highest BCUT2D eigenvalue weighted by molar-refractivity contribution is 4.84. The maximum Gasteiger partial charge on any atom is 0.111 e. The summed E-state index contributed by atoms with van der Waals surface area (Å²) in [5, 5.41) is 61.9. The largest absolute Gasteiger partial charge is 0.394 e. The van der Waals surface area contributed by atoms with Gasteiger partial charge in [-0.1, -0.05) is 0 Å². The molecule has 0 saturated carbocycles. The van der Waals surface area contributed by atoms with Crippen molar-refractivity contribution >= 4 is 0 Å². The number of aliphatic hydroxyl groups excluding tert-OH is 7. The molecular weight excluding hydrogens is 196 g/mol. The molecule has 0 aromatic carbocycles. The van der Waals surface area contributed by atoms with E-state index < -0.39 is 43.7 Å². The molecule has 5 atom stereocenters. The van der Waals surface area contributed by atoms with Crippen molar-refractivity contribution in [2.45, 2.75) is 30.5 Å². The van der Waals surface area contributed by atoms with Crippen molar-refractivity contribution in [3.8, 4) is 0 Å². The summed E-state index contributed by atoms with van der Waals surface area (Å²) in [7, 11) is 0. The molecule has 0 rings (SSSR count). The standard InChI is InChI=1S/C7H16O7/c8-1-3(10)5(12)7(14)6(13)4(11)2-9/h3-14H,1-2H2/t3-,4?,5+,6+,7?/m0/s1. The first-order valence-electron chi connectivity index (χ1n) is 4.07. The van der Waals surface area contributed by atoms with Gasteiger partial charge in [0.2, 0.25) is 0 Å². The van der Waals surface area contributed by atoms with Gasteiger partial charge in [-0.05, 0) is 0 Å². The van der Waals surface area contributed by atoms with E-state index in [1.54, 1.807) is 0 Å². The minimum absolute atomic E-state index is 0.792. The Morgan fingerprint density at radius 2 is 0.857 bits per heavy atom. The van der Waals surface area contributed by atoms with Crippen LogP contribution in [0.25, 0.3) is 0 Å². The van der Waals surface area contributed by atoms with Crippen molar-refractivity contribution in [3.05, 3.63) is 0 Å². The number of hydrogen-bond donors (Lipinski definition) is 7. The van der Waals surface area contributed by atoms with E-state index in [0.717, 1.165) is 0 Å². The van der Waals surface area contributed by atoms with Gasteiger partial charge >= 0.3 is 0 Å². The van der Waals surface area contributed by atoms with Crippen LogP contribution in [0.2, 0.25) is 0 Å². The fourth-order valence-electron chi connectivity index (χ4n) is 0.873. The lowest BCUT2D eigenvalue weighted by Crippen LogP contribution is -2.50. The van der Waals surface area contributed by atoms with Crippen LogP contribution < -0.4 is 0 Å². The van der Waals surface area contributed by atoms with E-state index in [2.05, 4.69) is 0 Å². The Morgan fingerprint density at radius 3 is 1.07 bits per heavy atom. The third-order valence-electron chi connectivity index (χ3n) is 1.86. The topological polar surface area (TPSA) is 142 Å². The van der Waals surface area contributed by atoms with Crippen molar-refractivity contribution in [3.63, 3.8) is 0 Å². The number of hydrogen-bond acceptors (Lipinski definition) is 7. The van der Waals surface area contributed by atoms with Crippen LogP contribution in [0.5, 0.6) is 0 Å². The maximum absolute atomic E-state index is 9.15. The van der Waals surface area contributed by atoms with Gasteiger partial charge in [0.25, 0.3) is 0 Å². The summed E-state index contributed by atoms with van der Waals surface area (Å²) >= 11 is 0. The molecule has 0 aromatic rings. The zero-order valence-electron chi connectivity index (χ0n) is 7.43. The number of aliphatic hydroxyl groups is 7. The molecule has 0 heterocycles. The molecule has 0 saturated heterocycles. The molecule has 0 amide bonds. The Kier molecular flexibility index (Phi) is 6.12. The van der Waals surface area contributed by atoms with Gasteiger partial charge in [-0.15, -0.1) is 0 Å². The average molecular weight is 212 g/mol. The quantitative estimate of drug-likeness (QED) is 0.236. The first-order valence-corrected chi connectivity index (χ1v) is 4.07. The van der Waals surface area contributed by atoms with Crippen LogP contribution in [0.4, 0.5) is 0 Å². The van der Waals surface area contributed by atoms with Crippen LogP contribution >= 0.6 is 0 Å². The summed E-state index contributed by atoms with van der Waals surface area (Å²) in [6, 6.07) is 0. The Bertz CT molecular complexity index is 137. The van der Waals surface area contributed by atoms with Crippen molar-refractivity contribution in [2.75, 3.05) is 13.2 Å². The molecule has 7 N–H and O–H groups in total. The summed E-state index contributed by atoms with van der Waals surface area (Å²) in [6.45, 7) is -1.58. The first kappa shape index (κ1) is 13.7. The van der Waals surface area contributed by atoms with E-state index in [-0.39, 0.29) is 0 Å². The summed E-state index contributed by atoms with van der Waals surface area (Å²) in [5.74, 6) is 0. The van der Waals surface area contributed by atoms with Gasteiger partial charge in [0.1, 0.15) is 30.5 Å². The second-order valence-corrected chi connectivity index (χ2v) is 2.97. The summed E-state index contributed by atoms with van der Waals surface area (Å²) < 4.78 is 0. The zero-order chi connectivity index (χ0) is 11.3. The van der Waals surface area contributed by atoms with Crippen LogP contribution in [0.3, 0.4) is 0 Å². The minimum atomic E-state index is -1.85. The molecule has 0 radical (unpaired) electrons. The molecule has 0 aliphatic rings. The predicted molar refractivity (Wildman–Crippen MR) is 44.2 cm³/mol. The van der Waals surface area contributed by atoms with Crippen LogP contribution in [-0.4, -0.2) is 79.5 Å². The molecule has 0 spiro atoms. The second kappa shape index (κ2) is 6.25. The molecule has 0 aromatic heterocycles. The van der Waals surface area contributed by atoms with Gasteiger partial charge in [-0.2, -0.15) is 0 Å². The predicted octanol–water partition coefficient (Wildman–Crippen LogP) is -4.22. The Balaban J connectivity index is 4.22. The first-order chi connectivity index (χ1) is 6.45. The van der Waals surface area contributed by atoms with Crippen molar-refractivity contribution in [1.29, 1.82) is 0 Å². The lowest BCUT2D eigenvalue weighted by atomic mass is 10.00. The smallest absolute Gasteiger partial charge is 0.111 e. The van der Waals surface area contributed by atoms with Crippen LogP contribution in [0.1, 0.15) is 0 Å². The lowest BCUT2D eigenvalue weighted by molar-refractivity contribution is -0.145. The van der Waals surface area contributed by atoms with Gasteiger partial charge in [-0.3, -0.25) is 0 Å². The fraction of sp³-hybridized carbons (Fsp3) is 1.00. The van der Waals surface area contributed by atoms with Crippen molar-refractivity contribution in [1.82, 2.24) is 0 Å². The highest BCUT2D eigenvalue weighted by atomic mass is 16.4. The normalized spacial score (nSPS) is 22.5. The maximum atomic E-state index is 9.15. The molecule has 14 heavy (non-hydrogen) atoms. The van der Waals surface area contributed by atoms with E-state index in [1.807, 2.05) is 0 Å². The zero-order valence-corrected chi connectivity index (χ0v) is 7.43. The highest BCUT2D eigenvalue weighted by Gasteiger charge is 2.33. The summed E-state index contributed by atoms with van der Waals surface area (Å²) in [6.07, 6.45) is -8.68. The highest BCUT2D eigenvalue weighted by Crippen LogP contribution is 2.07. The minimum Gasteiger partial charge on any atom is -0.394 e. The van der Waals surface area contributed by atoms with Crippen LogP contribution in [-0.2, 0) is 0 Å². The van der Waals surface area contributed by atoms with E-state index in [9.17, 15) is 0 Å². The molecule has 2 unspecified atom stereocenters. The van der Waals surface area contributed by atoms with E-state index in [4.69, 9.17) is 35.7 Å². The van der Waals surface area contributed by atoms with Gasteiger partial charge in [0, 0.05) is 0 Å². The molecule has 0 aliphatic heterocycles. The lowest BCUT2D eigenvalue weighted by Gasteiger charge is -2.27. The Morgan fingerprint density at radius 1 is 0.571 bits per heavy atom. The van der Waals surface area contributed by atoms with Gasteiger partial charge in [-0.25, -0.2) is 0 Å². The SMILES string of the molecule is OCC(O)[C@@H](O)C(O)[C@H](O)[C@@H](O)CO. The fourth-order valence-corrected chi connectivity index (χ4v) is 0.873. The van der Waals surface area contributed by atoms with E-state index in [0.29, 0.717) is 0 Å². The third kappa shape index (κ3) is 3.46. The van der Waals surface area contributed by atoms with Crippen LogP contribution in [0, 0.1) is 0 Å². The summed E-state index contributed by atoms with van der Waals surface area (Å²) in [4.78, 5) is 0. The number of rotatable bonds is 6. The van der Waals surface area contributed by atoms with Gasteiger partial charge in [0.05, 0.1) is 13.2 Å². The molecule has 0 bridgehead atoms. The molecule has 86 valence electrons. The Hall–Kier alpha value is -0.280. The average Bonchev–Trinajstić information content (AvgIpc) is 2.23. The molecule has 7 heteroatoms. The summed E-state index contributed by atoms with van der Waals surface area (Å²) in [5.41, 5.74) is 0. The van der Waals surface area contributed by atoms with Crippen LogP contribution in [0.15, 0.2) is 0 Å². The van der Waals surface area contributed by atoms with E-state index >= 15 is 0 Å². The Labute approximate surface area is 80.5 Å². The molecule has 0 fully saturated rings. The molecule has 7 nitrogen and oxygen atoms in total. The van der Waals surface area contributed by atoms with Crippen molar-refractivity contribution in [2.24, 2.45) is 0 Å². The van der Waals surface area contributed by atoms with E-state index in [1.165, 1.54) is 0 Å². The van der Waals surface area contributed by atoms with Gasteiger partial charge in [0.15, 0.2) is 0 Å². The second-order valence-electron chi connectivity index (χ2n) is 2.97. The molecular formula is C7H16O7. The van der Waals surface area contributed by atoms with Gasteiger partial charge < -0.3 is 35.7 Å². The molecule has 0 aliphatic carbocycles. The van der Waals surface area contributed by atoms with Crippen molar-refractivity contribution < 1.29 is 35.7 Å². The third-order valence-corrected chi connectivity index (χ3v) is 1.86.